The van der Waals surface area contributed by atoms with Gasteiger partial charge in [-0.2, -0.15) is 9.97 Å². The molecule has 0 amide bonds. The fourth-order valence-electron chi connectivity index (χ4n) is 4.91. The molecule has 7 aromatic rings. The van der Waals surface area contributed by atoms with Crippen LogP contribution in [-0.2, 0) is 0 Å². The maximum absolute atomic E-state index is 5.03. The van der Waals surface area contributed by atoms with E-state index in [1.54, 1.807) is 0 Å². The predicted octanol–water partition coefficient (Wildman–Crippen LogP) is 8.73. The van der Waals surface area contributed by atoms with Crippen molar-refractivity contribution in [3.05, 3.63) is 132 Å². The highest BCUT2D eigenvalue weighted by atomic mass is 79.9. The van der Waals surface area contributed by atoms with E-state index in [1.807, 2.05) is 36.4 Å². The van der Waals surface area contributed by atoms with Gasteiger partial charge in [0.15, 0.2) is 11.6 Å². The van der Waals surface area contributed by atoms with E-state index in [-0.39, 0.29) is 0 Å². The molecule has 4 nitrogen and oxygen atoms in total. The van der Waals surface area contributed by atoms with Gasteiger partial charge in [-0.1, -0.05) is 119 Å². The average Bonchev–Trinajstić information content (AvgIpc) is 3.31. The zero-order chi connectivity index (χ0) is 25.5. The molecular weight excluding hydrogens is 532 g/mol. The number of halogens is 1. The second-order valence-electron chi connectivity index (χ2n) is 9.11. The highest BCUT2D eigenvalue weighted by Crippen LogP contribution is 2.34. The lowest BCUT2D eigenvalue weighted by molar-refractivity contribution is 0.953. The smallest absolute Gasteiger partial charge is 0.238 e. The second-order valence-corrected chi connectivity index (χ2v) is 10.0. The van der Waals surface area contributed by atoms with E-state index in [4.69, 9.17) is 15.0 Å². The molecule has 7 rings (SSSR count). The van der Waals surface area contributed by atoms with Crippen LogP contribution in [0, 0.1) is 0 Å². The van der Waals surface area contributed by atoms with Crippen LogP contribution < -0.4 is 0 Å². The molecule has 0 atom stereocenters. The summed E-state index contributed by atoms with van der Waals surface area (Å²) in [5.74, 6) is 1.87. The number of rotatable bonds is 4. The van der Waals surface area contributed by atoms with Gasteiger partial charge in [-0.3, -0.25) is 4.57 Å². The lowest BCUT2D eigenvalue weighted by atomic mass is 10.0. The van der Waals surface area contributed by atoms with E-state index in [1.165, 1.54) is 5.56 Å². The first kappa shape index (κ1) is 22.6. The van der Waals surface area contributed by atoms with Gasteiger partial charge in [-0.15, -0.1) is 0 Å². The first-order valence-electron chi connectivity index (χ1n) is 12.4. The largest absolute Gasteiger partial charge is 0.278 e. The van der Waals surface area contributed by atoms with Crippen LogP contribution in [0.15, 0.2) is 132 Å². The van der Waals surface area contributed by atoms with Gasteiger partial charge in [0.1, 0.15) is 0 Å². The van der Waals surface area contributed by atoms with Gasteiger partial charge in [0.05, 0.1) is 11.0 Å². The van der Waals surface area contributed by atoms with Gasteiger partial charge in [0, 0.05) is 26.4 Å². The fourth-order valence-corrected chi connectivity index (χ4v) is 5.27. The van der Waals surface area contributed by atoms with Crippen LogP contribution in [0.2, 0.25) is 0 Å². The van der Waals surface area contributed by atoms with E-state index >= 15 is 0 Å². The summed E-state index contributed by atoms with van der Waals surface area (Å²) in [7, 11) is 0. The predicted molar refractivity (Wildman–Crippen MR) is 158 cm³/mol. The van der Waals surface area contributed by atoms with Crippen molar-refractivity contribution in [2.24, 2.45) is 0 Å². The third kappa shape index (κ3) is 3.98. The summed E-state index contributed by atoms with van der Waals surface area (Å²) >= 11 is 3.64. The summed E-state index contributed by atoms with van der Waals surface area (Å²) in [4.78, 5) is 14.9. The van der Waals surface area contributed by atoms with Gasteiger partial charge in [-0.25, -0.2) is 4.98 Å². The SMILES string of the molecule is Brc1ccc2c(c1)c1ccccc1n2-c1nc(-c2ccccc2)nc(-c2ccc(-c3ccccc3)cc2)n1. The van der Waals surface area contributed by atoms with Gasteiger partial charge >= 0.3 is 0 Å². The van der Waals surface area contributed by atoms with Crippen molar-refractivity contribution < 1.29 is 0 Å². The number of hydrogen-bond donors (Lipinski definition) is 0. The minimum atomic E-state index is 0.592. The minimum Gasteiger partial charge on any atom is -0.278 e. The molecule has 0 unspecified atom stereocenters. The molecule has 0 radical (unpaired) electrons. The number of para-hydroxylation sites is 1. The van der Waals surface area contributed by atoms with Crippen LogP contribution in [-0.4, -0.2) is 19.5 Å². The normalized spacial score (nSPS) is 11.3. The van der Waals surface area contributed by atoms with Crippen LogP contribution in [0.1, 0.15) is 0 Å². The molecule has 0 aliphatic rings. The molecular formula is C33H21BrN4. The molecule has 0 saturated carbocycles. The molecule has 0 bridgehead atoms. The zero-order valence-corrected chi connectivity index (χ0v) is 21.9. The van der Waals surface area contributed by atoms with E-state index in [2.05, 4.69) is 111 Å². The molecule has 5 heteroatoms. The second kappa shape index (κ2) is 9.36. The van der Waals surface area contributed by atoms with E-state index in [0.29, 0.717) is 17.6 Å². The van der Waals surface area contributed by atoms with Crippen LogP contribution >= 0.6 is 15.9 Å². The maximum Gasteiger partial charge on any atom is 0.238 e. The van der Waals surface area contributed by atoms with Crippen LogP contribution in [0.4, 0.5) is 0 Å². The van der Waals surface area contributed by atoms with Gasteiger partial charge in [0.25, 0.3) is 0 Å². The highest BCUT2D eigenvalue weighted by Gasteiger charge is 2.17. The lowest BCUT2D eigenvalue weighted by Crippen LogP contribution is -2.06. The van der Waals surface area contributed by atoms with Crippen molar-refractivity contribution in [2.45, 2.75) is 0 Å². The Kier molecular flexibility index (Phi) is 5.56. The lowest BCUT2D eigenvalue weighted by Gasteiger charge is -2.11. The number of aromatic nitrogens is 4. The summed E-state index contributed by atoms with van der Waals surface area (Å²) < 4.78 is 3.17. The Bertz CT molecular complexity index is 1910. The average molecular weight is 553 g/mol. The Morgan fingerprint density at radius 1 is 0.447 bits per heavy atom. The van der Waals surface area contributed by atoms with Gasteiger partial charge < -0.3 is 0 Å². The summed E-state index contributed by atoms with van der Waals surface area (Å²) in [6.07, 6.45) is 0. The Labute approximate surface area is 228 Å². The van der Waals surface area contributed by atoms with Crippen LogP contribution in [0.5, 0.6) is 0 Å². The molecule has 2 heterocycles. The number of nitrogens with zero attached hydrogens (tertiary/aromatic N) is 4. The van der Waals surface area contributed by atoms with E-state index < -0.39 is 0 Å². The van der Waals surface area contributed by atoms with Crippen molar-refractivity contribution >= 4 is 37.7 Å². The first-order valence-corrected chi connectivity index (χ1v) is 13.2. The first-order chi connectivity index (χ1) is 18.7. The molecule has 2 aromatic heterocycles. The highest BCUT2D eigenvalue weighted by molar-refractivity contribution is 9.10. The van der Waals surface area contributed by atoms with Crippen molar-refractivity contribution in [2.75, 3.05) is 0 Å². The standard InChI is InChI=1S/C33H21BrN4/c34-26-19-20-30-28(21-26)27-13-7-8-14-29(27)38(30)33-36-31(24-11-5-2-6-12-24)35-32(37-33)25-17-15-23(16-18-25)22-9-3-1-4-10-22/h1-21H. The Morgan fingerprint density at radius 3 is 1.68 bits per heavy atom. The van der Waals surface area contributed by atoms with Crippen molar-refractivity contribution in [1.82, 2.24) is 19.5 Å². The Morgan fingerprint density at radius 2 is 0.974 bits per heavy atom. The van der Waals surface area contributed by atoms with Gasteiger partial charge in [-0.05, 0) is 35.4 Å². The summed E-state index contributed by atoms with van der Waals surface area (Å²) in [5, 5.41) is 2.30. The summed E-state index contributed by atoms with van der Waals surface area (Å²) in [6.45, 7) is 0. The third-order valence-electron chi connectivity index (χ3n) is 6.74. The number of benzene rings is 5. The quantitative estimate of drug-likeness (QED) is 0.219. The molecule has 0 saturated heterocycles. The molecule has 0 spiro atoms. The van der Waals surface area contributed by atoms with E-state index in [0.717, 1.165) is 43.0 Å². The topological polar surface area (TPSA) is 43.6 Å². The van der Waals surface area contributed by atoms with Crippen LogP contribution in [0.25, 0.3) is 61.7 Å². The van der Waals surface area contributed by atoms with Gasteiger partial charge in [0.2, 0.25) is 5.95 Å². The Hall–Kier alpha value is -4.61. The zero-order valence-electron chi connectivity index (χ0n) is 20.3. The summed E-state index contributed by atoms with van der Waals surface area (Å²) in [6, 6.07) is 43.5. The number of hydrogen-bond acceptors (Lipinski definition) is 3. The third-order valence-corrected chi connectivity index (χ3v) is 7.23. The molecule has 38 heavy (non-hydrogen) atoms. The number of fused-ring (bicyclic) bond motifs is 3. The molecule has 180 valence electrons. The van der Waals surface area contributed by atoms with Crippen molar-refractivity contribution in [3.8, 4) is 39.9 Å². The maximum atomic E-state index is 5.03. The van der Waals surface area contributed by atoms with Crippen molar-refractivity contribution in [3.63, 3.8) is 0 Å². The molecule has 0 aliphatic carbocycles. The summed E-state index contributed by atoms with van der Waals surface area (Å²) in [5.41, 5.74) is 6.31. The Balaban J connectivity index is 1.46. The van der Waals surface area contributed by atoms with E-state index in [9.17, 15) is 0 Å². The van der Waals surface area contributed by atoms with Crippen molar-refractivity contribution in [1.29, 1.82) is 0 Å². The molecule has 0 fully saturated rings. The monoisotopic (exact) mass is 552 g/mol. The molecule has 0 N–H and O–H groups in total. The minimum absolute atomic E-state index is 0.592. The fraction of sp³-hybridized carbons (Fsp3) is 0. The molecule has 5 aromatic carbocycles. The molecule has 0 aliphatic heterocycles. The van der Waals surface area contributed by atoms with Crippen LogP contribution in [0.3, 0.4) is 0 Å².